The summed E-state index contributed by atoms with van der Waals surface area (Å²) >= 11 is 0. The number of guanidine groups is 1. The van der Waals surface area contributed by atoms with Crippen molar-refractivity contribution in [2.45, 2.75) is 20.0 Å². The van der Waals surface area contributed by atoms with E-state index in [-0.39, 0.29) is 35.5 Å². The largest absolute Gasteiger partial charge is 0.491 e. The van der Waals surface area contributed by atoms with Crippen LogP contribution in [0.15, 0.2) is 47.5 Å². The molecule has 0 bridgehead atoms. The summed E-state index contributed by atoms with van der Waals surface area (Å²) in [5.41, 5.74) is 1.30. The third-order valence-corrected chi connectivity index (χ3v) is 3.38. The van der Waals surface area contributed by atoms with Gasteiger partial charge >= 0.3 is 0 Å². The van der Waals surface area contributed by atoms with Gasteiger partial charge in [-0.3, -0.25) is 4.99 Å². The molecule has 2 rings (SSSR count). The Hall–Kier alpha value is -1.90. The summed E-state index contributed by atoms with van der Waals surface area (Å²) in [6.45, 7) is 2.92. The van der Waals surface area contributed by atoms with Crippen LogP contribution in [-0.2, 0) is 13.1 Å². The second-order valence-electron chi connectivity index (χ2n) is 5.07. The minimum absolute atomic E-state index is 0. The van der Waals surface area contributed by atoms with E-state index in [1.165, 1.54) is 12.1 Å². The van der Waals surface area contributed by atoms with Crippen molar-refractivity contribution >= 4 is 29.9 Å². The number of nitrogens with zero attached hydrogens (tertiary/aromatic N) is 1. The number of hydrogen-bond donors (Lipinski definition) is 2. The second-order valence-corrected chi connectivity index (χ2v) is 5.07. The Labute approximate surface area is 163 Å². The molecular formula is C18H22F2IN3O. The van der Waals surface area contributed by atoms with Gasteiger partial charge in [-0.05, 0) is 30.7 Å². The van der Waals surface area contributed by atoms with Crippen molar-refractivity contribution in [2.24, 2.45) is 4.99 Å². The zero-order valence-corrected chi connectivity index (χ0v) is 16.5. The first-order chi connectivity index (χ1) is 11.6. The predicted molar refractivity (Wildman–Crippen MR) is 106 cm³/mol. The first-order valence-corrected chi connectivity index (χ1v) is 7.73. The van der Waals surface area contributed by atoms with Gasteiger partial charge < -0.3 is 15.4 Å². The van der Waals surface area contributed by atoms with Crippen LogP contribution in [0.5, 0.6) is 5.75 Å². The van der Waals surface area contributed by atoms with Gasteiger partial charge in [0.05, 0.1) is 6.61 Å². The van der Waals surface area contributed by atoms with E-state index in [0.29, 0.717) is 31.2 Å². The Kier molecular flexibility index (Phi) is 9.18. The van der Waals surface area contributed by atoms with E-state index >= 15 is 0 Å². The summed E-state index contributed by atoms with van der Waals surface area (Å²) in [5.74, 6) is 0.0790. The quantitative estimate of drug-likeness (QED) is 0.391. The average Bonchev–Trinajstić information content (AvgIpc) is 2.59. The molecule has 0 aliphatic heterocycles. The van der Waals surface area contributed by atoms with Gasteiger partial charge in [0.25, 0.3) is 0 Å². The van der Waals surface area contributed by atoms with Crippen LogP contribution in [0.1, 0.15) is 18.1 Å². The SMILES string of the molecule is CCOc1ccc(CNC(=NC)NCc2ccccc2F)cc1F.I. The van der Waals surface area contributed by atoms with E-state index in [4.69, 9.17) is 4.74 Å². The number of aliphatic imine (C=N–C) groups is 1. The van der Waals surface area contributed by atoms with Gasteiger partial charge in [0.1, 0.15) is 5.82 Å². The van der Waals surface area contributed by atoms with Crippen molar-refractivity contribution in [1.29, 1.82) is 0 Å². The van der Waals surface area contributed by atoms with Crippen LogP contribution < -0.4 is 15.4 Å². The van der Waals surface area contributed by atoms with Gasteiger partial charge in [0.15, 0.2) is 17.5 Å². The molecule has 4 nitrogen and oxygen atoms in total. The third kappa shape index (κ3) is 6.49. The molecule has 25 heavy (non-hydrogen) atoms. The highest BCUT2D eigenvalue weighted by molar-refractivity contribution is 14.0. The molecule has 136 valence electrons. The molecule has 0 unspecified atom stereocenters. The van der Waals surface area contributed by atoms with Crippen molar-refractivity contribution in [3.05, 3.63) is 65.2 Å². The van der Waals surface area contributed by atoms with Crippen molar-refractivity contribution in [3.63, 3.8) is 0 Å². The normalized spacial score (nSPS) is 10.8. The lowest BCUT2D eigenvalue weighted by molar-refractivity contribution is 0.321. The number of nitrogens with one attached hydrogen (secondary N) is 2. The summed E-state index contributed by atoms with van der Waals surface area (Å²) in [6, 6.07) is 11.3. The first-order valence-electron chi connectivity index (χ1n) is 7.73. The van der Waals surface area contributed by atoms with Gasteiger partial charge in [-0.1, -0.05) is 24.3 Å². The number of ether oxygens (including phenoxy) is 1. The number of halogens is 3. The predicted octanol–water partition coefficient (Wildman–Crippen LogP) is 3.85. The molecule has 7 heteroatoms. The Balaban J connectivity index is 0.00000312. The summed E-state index contributed by atoms with van der Waals surface area (Å²) in [7, 11) is 1.62. The fourth-order valence-electron chi connectivity index (χ4n) is 2.15. The molecular weight excluding hydrogens is 439 g/mol. The van der Waals surface area contributed by atoms with Gasteiger partial charge in [-0.2, -0.15) is 0 Å². The van der Waals surface area contributed by atoms with E-state index in [1.807, 2.05) is 0 Å². The van der Waals surface area contributed by atoms with Crippen LogP contribution in [0.3, 0.4) is 0 Å². The van der Waals surface area contributed by atoms with E-state index in [2.05, 4.69) is 15.6 Å². The minimum Gasteiger partial charge on any atom is -0.491 e. The summed E-state index contributed by atoms with van der Waals surface area (Å²) in [6.07, 6.45) is 0. The lowest BCUT2D eigenvalue weighted by Gasteiger charge is -2.13. The smallest absolute Gasteiger partial charge is 0.191 e. The van der Waals surface area contributed by atoms with Crippen molar-refractivity contribution in [3.8, 4) is 5.75 Å². The van der Waals surface area contributed by atoms with Crippen LogP contribution in [0, 0.1) is 11.6 Å². The highest BCUT2D eigenvalue weighted by Gasteiger charge is 2.06. The molecule has 2 N–H and O–H groups in total. The maximum Gasteiger partial charge on any atom is 0.191 e. The average molecular weight is 461 g/mol. The van der Waals surface area contributed by atoms with E-state index in [0.717, 1.165) is 5.56 Å². The molecule has 0 saturated heterocycles. The van der Waals surface area contributed by atoms with Gasteiger partial charge in [-0.25, -0.2) is 8.78 Å². The maximum absolute atomic E-state index is 13.8. The molecule has 0 radical (unpaired) electrons. The Morgan fingerprint density at radius 2 is 1.76 bits per heavy atom. The molecule has 2 aromatic rings. The highest BCUT2D eigenvalue weighted by atomic mass is 127. The summed E-state index contributed by atoms with van der Waals surface area (Å²) in [5, 5.41) is 6.09. The van der Waals surface area contributed by atoms with Gasteiger partial charge in [0.2, 0.25) is 0 Å². The minimum atomic E-state index is -0.398. The first kappa shape index (κ1) is 21.1. The Morgan fingerprint density at radius 1 is 1.04 bits per heavy atom. The van der Waals surface area contributed by atoms with Gasteiger partial charge in [-0.15, -0.1) is 24.0 Å². The molecule has 0 atom stereocenters. The number of benzene rings is 2. The lowest BCUT2D eigenvalue weighted by Crippen LogP contribution is -2.36. The van der Waals surface area contributed by atoms with Crippen LogP contribution in [0.4, 0.5) is 8.78 Å². The van der Waals surface area contributed by atoms with E-state index in [1.54, 1.807) is 44.3 Å². The molecule has 0 aliphatic carbocycles. The molecule has 2 aromatic carbocycles. The summed E-state index contributed by atoms with van der Waals surface area (Å²) in [4.78, 5) is 4.07. The molecule has 0 saturated carbocycles. The monoisotopic (exact) mass is 461 g/mol. The molecule has 0 amide bonds. The van der Waals surface area contributed by atoms with Crippen molar-refractivity contribution in [1.82, 2.24) is 10.6 Å². The van der Waals surface area contributed by atoms with Crippen LogP contribution >= 0.6 is 24.0 Å². The van der Waals surface area contributed by atoms with Gasteiger partial charge in [0, 0.05) is 25.7 Å². The van der Waals surface area contributed by atoms with Crippen LogP contribution in [0.2, 0.25) is 0 Å². The number of rotatable bonds is 6. The fourth-order valence-corrected chi connectivity index (χ4v) is 2.15. The molecule has 0 fully saturated rings. The van der Waals surface area contributed by atoms with E-state index in [9.17, 15) is 8.78 Å². The van der Waals surface area contributed by atoms with Crippen molar-refractivity contribution in [2.75, 3.05) is 13.7 Å². The Morgan fingerprint density at radius 3 is 2.40 bits per heavy atom. The molecule has 0 aliphatic rings. The maximum atomic E-state index is 13.8. The Bertz CT molecular complexity index is 710. The van der Waals surface area contributed by atoms with Crippen LogP contribution in [-0.4, -0.2) is 19.6 Å². The molecule has 0 aromatic heterocycles. The second kappa shape index (κ2) is 10.9. The zero-order valence-electron chi connectivity index (χ0n) is 14.2. The fraction of sp³-hybridized carbons (Fsp3) is 0.278. The molecule has 0 spiro atoms. The zero-order chi connectivity index (χ0) is 17.4. The summed E-state index contributed by atoms with van der Waals surface area (Å²) < 4.78 is 32.6. The number of hydrogen-bond acceptors (Lipinski definition) is 2. The highest BCUT2D eigenvalue weighted by Crippen LogP contribution is 2.18. The van der Waals surface area contributed by atoms with E-state index < -0.39 is 5.82 Å². The molecule has 0 heterocycles. The third-order valence-electron chi connectivity index (χ3n) is 3.38. The lowest BCUT2D eigenvalue weighted by atomic mass is 10.2. The standard InChI is InChI=1S/C18H21F2N3O.HI/c1-3-24-17-9-8-13(10-16(17)20)11-22-18(21-2)23-12-14-6-4-5-7-15(14)19;/h4-10H,3,11-12H2,1-2H3,(H2,21,22,23);1H. The topological polar surface area (TPSA) is 45.6 Å². The van der Waals surface area contributed by atoms with Crippen molar-refractivity contribution < 1.29 is 13.5 Å². The van der Waals surface area contributed by atoms with Crippen LogP contribution in [0.25, 0.3) is 0 Å².